The third-order valence-electron chi connectivity index (χ3n) is 6.08. The van der Waals surface area contributed by atoms with E-state index in [0.29, 0.717) is 55.6 Å². The molecule has 1 aliphatic rings. The lowest BCUT2D eigenvalue weighted by Gasteiger charge is -2.35. The van der Waals surface area contributed by atoms with Crippen LogP contribution in [0.5, 0.6) is 11.5 Å². The number of hydrogen-bond donors (Lipinski definition) is 4. The molecule has 4 N–H and O–H groups in total. The first-order valence-corrected chi connectivity index (χ1v) is 11.4. The first-order valence-electron chi connectivity index (χ1n) is 11.1. The Labute approximate surface area is 211 Å². The van der Waals surface area contributed by atoms with E-state index in [-0.39, 0.29) is 12.5 Å². The van der Waals surface area contributed by atoms with Gasteiger partial charge in [0.2, 0.25) is 0 Å². The highest BCUT2D eigenvalue weighted by Gasteiger charge is 2.39. The normalized spacial score (nSPS) is 17.6. The Bertz CT molecular complexity index is 1530. The molecule has 182 valence electrons. The number of rotatable bonds is 6. The van der Waals surface area contributed by atoms with Gasteiger partial charge in [-0.25, -0.2) is 4.98 Å². The van der Waals surface area contributed by atoms with Crippen LogP contribution in [0.4, 0.5) is 11.4 Å². The number of aromatic amines is 1. The highest BCUT2D eigenvalue weighted by molar-refractivity contribution is 6.31. The molecule has 2 aromatic carbocycles. The average Bonchev–Trinajstić information content (AvgIpc) is 3.30. The minimum Gasteiger partial charge on any atom is -0.457 e. The van der Waals surface area contributed by atoms with Gasteiger partial charge in [0.05, 0.1) is 46.2 Å². The van der Waals surface area contributed by atoms with Crippen molar-refractivity contribution >= 4 is 39.9 Å². The molecule has 0 fully saturated rings. The number of fused-ring (bicyclic) bond motifs is 3. The second-order valence-corrected chi connectivity index (χ2v) is 9.09. The molecule has 2 atom stereocenters. The van der Waals surface area contributed by atoms with E-state index >= 15 is 0 Å². The SMILES string of the molecule is COC[C@]1(C)Nc2c(cnc3[nH]cc(C(O)c4ccc(Oc5cccc(C#N)c5)cc4Cl)c23)NC1=O. The number of halogens is 1. The highest BCUT2D eigenvalue weighted by Crippen LogP contribution is 2.42. The maximum Gasteiger partial charge on any atom is 0.252 e. The number of carbonyl (C=O) groups is 1. The van der Waals surface area contributed by atoms with E-state index in [1.807, 2.05) is 0 Å². The number of methoxy groups -OCH3 is 1. The summed E-state index contributed by atoms with van der Waals surface area (Å²) in [6.45, 7) is 1.89. The quantitative estimate of drug-likeness (QED) is 0.299. The minimum absolute atomic E-state index is 0.148. The summed E-state index contributed by atoms with van der Waals surface area (Å²) in [6, 6.07) is 13.8. The first kappa shape index (κ1) is 23.6. The molecule has 36 heavy (non-hydrogen) atoms. The number of pyridine rings is 1. The molecule has 0 radical (unpaired) electrons. The minimum atomic E-state index is -1.09. The van der Waals surface area contributed by atoms with Gasteiger partial charge in [-0.3, -0.25) is 4.79 Å². The van der Waals surface area contributed by atoms with Gasteiger partial charge in [-0.2, -0.15) is 5.26 Å². The number of benzene rings is 2. The Morgan fingerprint density at radius 2 is 2.03 bits per heavy atom. The van der Waals surface area contributed by atoms with Crippen LogP contribution >= 0.6 is 11.6 Å². The van der Waals surface area contributed by atoms with Crippen molar-refractivity contribution in [3.63, 3.8) is 0 Å². The molecule has 0 spiro atoms. The van der Waals surface area contributed by atoms with Gasteiger partial charge < -0.3 is 30.2 Å². The summed E-state index contributed by atoms with van der Waals surface area (Å²) < 4.78 is 11.1. The van der Waals surface area contributed by atoms with Crippen molar-refractivity contribution in [3.05, 3.63) is 76.6 Å². The smallest absolute Gasteiger partial charge is 0.252 e. The summed E-state index contributed by atoms with van der Waals surface area (Å²) >= 11 is 6.56. The molecule has 10 heteroatoms. The van der Waals surface area contributed by atoms with E-state index in [1.54, 1.807) is 61.8 Å². The predicted molar refractivity (Wildman–Crippen MR) is 135 cm³/mol. The van der Waals surface area contributed by atoms with Crippen LogP contribution in [0, 0.1) is 11.3 Å². The number of aliphatic hydroxyl groups excluding tert-OH is 1. The highest BCUT2D eigenvalue weighted by atomic mass is 35.5. The molecular formula is C26H22ClN5O4. The fourth-order valence-corrected chi connectivity index (χ4v) is 4.54. The molecule has 1 unspecified atom stereocenters. The monoisotopic (exact) mass is 503 g/mol. The lowest BCUT2D eigenvalue weighted by molar-refractivity contribution is -0.121. The zero-order chi connectivity index (χ0) is 25.4. The number of carbonyl (C=O) groups excluding carboxylic acids is 1. The van der Waals surface area contributed by atoms with Gasteiger partial charge in [0.25, 0.3) is 5.91 Å². The van der Waals surface area contributed by atoms with E-state index in [4.69, 9.17) is 26.3 Å². The number of amides is 1. The number of anilines is 2. The molecular weight excluding hydrogens is 482 g/mol. The molecule has 1 aliphatic heterocycles. The fourth-order valence-electron chi connectivity index (χ4n) is 4.27. The van der Waals surface area contributed by atoms with E-state index in [1.165, 1.54) is 7.11 Å². The number of H-pyrrole nitrogens is 1. The number of nitrogens with one attached hydrogen (secondary N) is 3. The Morgan fingerprint density at radius 1 is 1.22 bits per heavy atom. The van der Waals surface area contributed by atoms with Gasteiger partial charge in [0.1, 0.15) is 28.8 Å². The van der Waals surface area contributed by atoms with Gasteiger partial charge in [-0.05, 0) is 37.3 Å². The van der Waals surface area contributed by atoms with Crippen molar-refractivity contribution in [3.8, 4) is 17.6 Å². The van der Waals surface area contributed by atoms with Crippen molar-refractivity contribution in [1.29, 1.82) is 5.26 Å². The van der Waals surface area contributed by atoms with E-state index in [2.05, 4.69) is 26.7 Å². The Morgan fingerprint density at radius 3 is 2.78 bits per heavy atom. The summed E-state index contributed by atoms with van der Waals surface area (Å²) in [7, 11) is 1.53. The summed E-state index contributed by atoms with van der Waals surface area (Å²) in [4.78, 5) is 20.1. The van der Waals surface area contributed by atoms with E-state index in [9.17, 15) is 9.90 Å². The third kappa shape index (κ3) is 4.12. The molecule has 5 rings (SSSR count). The molecule has 4 aromatic rings. The Balaban J connectivity index is 1.49. The van der Waals surface area contributed by atoms with E-state index in [0.717, 1.165) is 0 Å². The second-order valence-electron chi connectivity index (χ2n) is 8.69. The maximum absolute atomic E-state index is 12.6. The maximum atomic E-state index is 12.6. The Kier molecular flexibility index (Phi) is 6.02. The van der Waals surface area contributed by atoms with Crippen LogP contribution in [-0.2, 0) is 9.53 Å². The van der Waals surface area contributed by atoms with Crippen LogP contribution in [0.2, 0.25) is 5.02 Å². The third-order valence-corrected chi connectivity index (χ3v) is 6.40. The van der Waals surface area contributed by atoms with Gasteiger partial charge in [0.15, 0.2) is 0 Å². The van der Waals surface area contributed by atoms with Crippen molar-refractivity contribution in [1.82, 2.24) is 9.97 Å². The molecule has 3 heterocycles. The van der Waals surface area contributed by atoms with Gasteiger partial charge >= 0.3 is 0 Å². The fraction of sp³-hybridized carbons (Fsp3) is 0.192. The molecule has 0 saturated heterocycles. The van der Waals surface area contributed by atoms with Crippen LogP contribution in [0.1, 0.15) is 29.7 Å². The lowest BCUT2D eigenvalue weighted by Crippen LogP contribution is -2.53. The molecule has 0 aliphatic carbocycles. The van der Waals surface area contributed by atoms with Crippen LogP contribution in [-0.4, -0.2) is 40.2 Å². The molecule has 9 nitrogen and oxygen atoms in total. The van der Waals surface area contributed by atoms with Crippen LogP contribution in [0.15, 0.2) is 54.9 Å². The zero-order valence-corrected chi connectivity index (χ0v) is 20.2. The van der Waals surface area contributed by atoms with Crippen molar-refractivity contribution in [2.45, 2.75) is 18.6 Å². The molecule has 1 amide bonds. The summed E-state index contributed by atoms with van der Waals surface area (Å²) in [5.41, 5.74) is 2.15. The van der Waals surface area contributed by atoms with Gasteiger partial charge in [-0.1, -0.05) is 23.7 Å². The van der Waals surface area contributed by atoms with Crippen LogP contribution in [0.25, 0.3) is 11.0 Å². The molecule has 0 saturated carbocycles. The number of nitrogens with zero attached hydrogens (tertiary/aromatic N) is 2. The van der Waals surface area contributed by atoms with Gasteiger partial charge in [-0.15, -0.1) is 0 Å². The topological polar surface area (TPSA) is 132 Å². The summed E-state index contributed by atoms with van der Waals surface area (Å²) in [6.07, 6.45) is 2.13. The number of nitriles is 1. The second kappa shape index (κ2) is 9.17. The zero-order valence-electron chi connectivity index (χ0n) is 19.4. The molecule has 2 aromatic heterocycles. The number of ether oxygens (including phenoxy) is 2. The number of aliphatic hydroxyl groups is 1. The largest absolute Gasteiger partial charge is 0.457 e. The van der Waals surface area contributed by atoms with Crippen molar-refractivity contribution < 1.29 is 19.4 Å². The summed E-state index contributed by atoms with van der Waals surface area (Å²) in [5.74, 6) is 0.721. The number of aromatic nitrogens is 2. The average molecular weight is 504 g/mol. The number of hydrogen-bond acceptors (Lipinski definition) is 7. The van der Waals surface area contributed by atoms with E-state index < -0.39 is 11.6 Å². The van der Waals surface area contributed by atoms with Crippen molar-refractivity contribution in [2.24, 2.45) is 0 Å². The van der Waals surface area contributed by atoms with Crippen LogP contribution < -0.4 is 15.4 Å². The molecule has 0 bridgehead atoms. The van der Waals surface area contributed by atoms with Gasteiger partial charge in [0, 0.05) is 24.4 Å². The summed E-state index contributed by atoms with van der Waals surface area (Å²) in [5, 5.41) is 27.5. The first-order chi connectivity index (χ1) is 17.3. The predicted octanol–water partition coefficient (Wildman–Crippen LogP) is 4.73. The lowest BCUT2D eigenvalue weighted by atomic mass is 9.95. The van der Waals surface area contributed by atoms with Crippen LogP contribution in [0.3, 0.4) is 0 Å². The Hall–Kier alpha value is -4.10. The van der Waals surface area contributed by atoms with Crippen molar-refractivity contribution in [2.75, 3.05) is 24.4 Å². The standard InChI is InChI=1S/C26H22ClN5O4/c1-26(13-35-2)25(34)31-20-12-30-24-21(22(20)32-26)18(11-29-24)23(33)17-7-6-16(9-19(17)27)36-15-5-3-4-14(8-15)10-28/h3-9,11-12,23,32-33H,13H2,1-2H3,(H,29,30)(H,31,34)/t23?,26-/m0/s1.